The minimum absolute atomic E-state index is 0.144. The van der Waals surface area contributed by atoms with Gasteiger partial charge in [0.05, 0.1) is 6.54 Å². The lowest BCUT2D eigenvalue weighted by Gasteiger charge is -2.28. The van der Waals surface area contributed by atoms with Crippen LogP contribution in [0.2, 0.25) is 5.28 Å². The summed E-state index contributed by atoms with van der Waals surface area (Å²) < 4.78 is 19.5. The number of carbonyl (C=O) groups excluding carboxylic acids is 1. The zero-order valence-corrected chi connectivity index (χ0v) is 16.9. The minimum Gasteiger partial charge on any atom is -0.446 e. The van der Waals surface area contributed by atoms with Crippen molar-refractivity contribution in [1.82, 2.24) is 14.5 Å². The molecular formula is C19H20ClFN4O5. The summed E-state index contributed by atoms with van der Waals surface area (Å²) in [5.74, 6) is -0.746. The fourth-order valence-corrected chi connectivity index (χ4v) is 3.26. The predicted octanol–water partition coefficient (Wildman–Crippen LogP) is 3.26. The van der Waals surface area contributed by atoms with Crippen molar-refractivity contribution in [2.24, 2.45) is 0 Å². The SMILES string of the molecule is CC(O)(COC(=O)N1CC=C(c2ccc(F)cc2)CC1)Cn1cc([N+](=O)[O-])nc1Cl. The van der Waals surface area contributed by atoms with Crippen LogP contribution >= 0.6 is 11.6 Å². The summed E-state index contributed by atoms with van der Waals surface area (Å²) in [6.07, 6.45) is 2.98. The number of aliphatic hydroxyl groups is 1. The molecule has 0 saturated heterocycles. The van der Waals surface area contributed by atoms with Crippen molar-refractivity contribution in [1.29, 1.82) is 0 Å². The first-order valence-electron chi connectivity index (χ1n) is 9.11. The Morgan fingerprint density at radius 1 is 1.43 bits per heavy atom. The number of amides is 1. The molecule has 30 heavy (non-hydrogen) atoms. The number of nitrogens with zero attached hydrogens (tertiary/aromatic N) is 4. The van der Waals surface area contributed by atoms with Gasteiger partial charge in [-0.05, 0) is 58.1 Å². The Hall–Kier alpha value is -2.98. The molecule has 0 saturated carbocycles. The molecular weight excluding hydrogens is 419 g/mol. The van der Waals surface area contributed by atoms with Crippen LogP contribution in [0.3, 0.4) is 0 Å². The highest BCUT2D eigenvalue weighted by atomic mass is 35.5. The summed E-state index contributed by atoms with van der Waals surface area (Å²) in [6, 6.07) is 6.16. The number of rotatable bonds is 6. The van der Waals surface area contributed by atoms with Crippen LogP contribution in [-0.2, 0) is 11.3 Å². The van der Waals surface area contributed by atoms with Crippen LogP contribution in [0.25, 0.3) is 5.57 Å². The van der Waals surface area contributed by atoms with E-state index in [-0.39, 0.29) is 24.3 Å². The largest absolute Gasteiger partial charge is 0.446 e. The molecule has 1 atom stereocenters. The number of benzene rings is 1. The first-order chi connectivity index (χ1) is 14.1. The fraction of sp³-hybridized carbons (Fsp3) is 0.368. The molecule has 11 heteroatoms. The minimum atomic E-state index is -1.52. The lowest BCUT2D eigenvalue weighted by Crippen LogP contribution is -2.41. The van der Waals surface area contributed by atoms with Crippen molar-refractivity contribution >= 4 is 29.1 Å². The highest BCUT2D eigenvalue weighted by Gasteiger charge is 2.29. The van der Waals surface area contributed by atoms with Crippen LogP contribution in [0.15, 0.2) is 36.5 Å². The molecule has 0 spiro atoms. The second-order valence-electron chi connectivity index (χ2n) is 7.24. The van der Waals surface area contributed by atoms with E-state index in [0.717, 1.165) is 17.3 Å². The van der Waals surface area contributed by atoms with E-state index in [4.69, 9.17) is 16.3 Å². The van der Waals surface area contributed by atoms with Gasteiger partial charge < -0.3 is 24.9 Å². The first-order valence-corrected chi connectivity index (χ1v) is 9.48. The van der Waals surface area contributed by atoms with Gasteiger partial charge in [-0.25, -0.2) is 9.18 Å². The van der Waals surface area contributed by atoms with Gasteiger partial charge in [0.1, 0.15) is 24.2 Å². The number of aromatic nitrogens is 2. The number of halogens is 2. The highest BCUT2D eigenvalue weighted by Crippen LogP contribution is 2.23. The average molecular weight is 439 g/mol. The van der Waals surface area contributed by atoms with Crippen LogP contribution < -0.4 is 0 Å². The molecule has 3 rings (SSSR count). The lowest BCUT2D eigenvalue weighted by molar-refractivity contribution is -0.389. The summed E-state index contributed by atoms with van der Waals surface area (Å²) in [7, 11) is 0. The van der Waals surface area contributed by atoms with Gasteiger partial charge in [0.25, 0.3) is 0 Å². The maximum atomic E-state index is 13.0. The van der Waals surface area contributed by atoms with Crippen molar-refractivity contribution in [3.63, 3.8) is 0 Å². The lowest BCUT2D eigenvalue weighted by atomic mass is 10.00. The summed E-state index contributed by atoms with van der Waals surface area (Å²) in [4.78, 5) is 27.5. The van der Waals surface area contributed by atoms with Crippen molar-refractivity contribution in [3.8, 4) is 0 Å². The summed E-state index contributed by atoms with van der Waals surface area (Å²) in [5, 5.41) is 21.1. The number of ether oxygens (including phenoxy) is 1. The molecule has 1 aromatic heterocycles. The van der Waals surface area contributed by atoms with Crippen LogP contribution in [0.5, 0.6) is 0 Å². The zero-order chi connectivity index (χ0) is 21.9. The number of hydrogen-bond acceptors (Lipinski definition) is 6. The van der Waals surface area contributed by atoms with Gasteiger partial charge in [0, 0.05) is 13.1 Å². The van der Waals surface area contributed by atoms with Crippen molar-refractivity contribution in [3.05, 3.63) is 63.3 Å². The number of hydrogen-bond donors (Lipinski definition) is 1. The third kappa shape index (κ3) is 5.33. The molecule has 9 nitrogen and oxygen atoms in total. The smallest absolute Gasteiger partial charge is 0.410 e. The maximum absolute atomic E-state index is 13.0. The molecule has 1 unspecified atom stereocenters. The molecule has 0 bridgehead atoms. The van der Waals surface area contributed by atoms with Gasteiger partial charge >= 0.3 is 17.2 Å². The normalized spacial score (nSPS) is 16.0. The number of carbonyl (C=O) groups is 1. The first kappa shape index (κ1) is 21.7. The number of nitro groups is 1. The third-order valence-electron chi connectivity index (χ3n) is 4.60. The van der Waals surface area contributed by atoms with Crippen LogP contribution in [0.4, 0.5) is 15.0 Å². The van der Waals surface area contributed by atoms with E-state index in [2.05, 4.69) is 4.98 Å². The van der Waals surface area contributed by atoms with Gasteiger partial charge in [-0.1, -0.05) is 18.2 Å². The van der Waals surface area contributed by atoms with Gasteiger partial charge in [-0.15, -0.1) is 0 Å². The Balaban J connectivity index is 1.53. The molecule has 1 aliphatic rings. The quantitative estimate of drug-likeness (QED) is 0.547. The molecule has 0 radical (unpaired) electrons. The van der Waals surface area contributed by atoms with E-state index in [0.29, 0.717) is 19.5 Å². The second-order valence-corrected chi connectivity index (χ2v) is 7.58. The Bertz CT molecular complexity index is 974. The van der Waals surface area contributed by atoms with Gasteiger partial charge in [0.15, 0.2) is 0 Å². The van der Waals surface area contributed by atoms with E-state index >= 15 is 0 Å². The van der Waals surface area contributed by atoms with Gasteiger partial charge in [-0.2, -0.15) is 0 Å². The number of imidazole rings is 1. The Morgan fingerprint density at radius 2 is 2.13 bits per heavy atom. The van der Waals surface area contributed by atoms with Gasteiger partial charge in [0.2, 0.25) is 0 Å². The molecule has 1 N–H and O–H groups in total. The third-order valence-corrected chi connectivity index (χ3v) is 4.90. The Labute approximate surface area is 176 Å². The molecule has 0 fully saturated rings. The summed E-state index contributed by atoms with van der Waals surface area (Å²) >= 11 is 5.85. The topological polar surface area (TPSA) is 111 Å². The summed E-state index contributed by atoms with van der Waals surface area (Å²) in [6.45, 7) is 1.69. The molecule has 160 valence electrons. The predicted molar refractivity (Wildman–Crippen MR) is 106 cm³/mol. The van der Waals surface area contributed by atoms with Crippen molar-refractivity contribution in [2.75, 3.05) is 19.7 Å². The molecule has 0 aliphatic carbocycles. The Morgan fingerprint density at radius 3 is 2.70 bits per heavy atom. The second kappa shape index (κ2) is 8.80. The van der Waals surface area contributed by atoms with Crippen LogP contribution in [0.1, 0.15) is 18.9 Å². The summed E-state index contributed by atoms with van der Waals surface area (Å²) in [5.41, 5.74) is 0.403. The monoisotopic (exact) mass is 438 g/mol. The molecule has 1 amide bonds. The van der Waals surface area contributed by atoms with Crippen molar-refractivity contribution in [2.45, 2.75) is 25.5 Å². The fourth-order valence-electron chi connectivity index (χ4n) is 3.06. The average Bonchev–Trinajstić information content (AvgIpc) is 3.07. The van der Waals surface area contributed by atoms with Crippen LogP contribution in [0, 0.1) is 15.9 Å². The molecule has 2 heterocycles. The van der Waals surface area contributed by atoms with E-state index in [9.17, 15) is 24.4 Å². The van der Waals surface area contributed by atoms with Crippen LogP contribution in [-0.4, -0.2) is 55.9 Å². The van der Waals surface area contributed by atoms with Crippen molar-refractivity contribution < 1.29 is 24.0 Å². The molecule has 1 aromatic carbocycles. The Kier molecular flexibility index (Phi) is 6.37. The van der Waals surface area contributed by atoms with E-state index in [1.165, 1.54) is 28.5 Å². The molecule has 1 aliphatic heterocycles. The van der Waals surface area contributed by atoms with E-state index in [1.807, 2.05) is 6.08 Å². The highest BCUT2D eigenvalue weighted by molar-refractivity contribution is 6.28. The van der Waals surface area contributed by atoms with Gasteiger partial charge in [-0.3, -0.25) is 4.57 Å². The maximum Gasteiger partial charge on any atom is 0.410 e. The van der Waals surface area contributed by atoms with E-state index in [1.54, 1.807) is 12.1 Å². The molecule has 2 aromatic rings. The van der Waals surface area contributed by atoms with E-state index < -0.39 is 22.4 Å². The standard InChI is InChI=1S/C19H20ClFN4O5/c1-19(27,11-24-10-16(25(28)29)22-17(24)20)12-30-18(26)23-8-6-14(7-9-23)13-2-4-15(21)5-3-13/h2-6,10,27H,7-9,11-12H2,1H3. The zero-order valence-electron chi connectivity index (χ0n) is 16.1.